The summed E-state index contributed by atoms with van der Waals surface area (Å²) >= 11 is 0. The molecule has 0 aromatic heterocycles. The minimum atomic E-state index is 0.389. The van der Waals surface area contributed by atoms with E-state index in [2.05, 4.69) is 84.5 Å². The van der Waals surface area contributed by atoms with Crippen molar-refractivity contribution in [3.8, 4) is 0 Å². The Bertz CT molecular complexity index is 1610. The largest absolute Gasteiger partial charge is 0.399 e. The summed E-state index contributed by atoms with van der Waals surface area (Å²) < 4.78 is 8.94. The Morgan fingerprint density at radius 2 is 1.04 bits per heavy atom. The van der Waals surface area contributed by atoms with E-state index in [0.717, 1.165) is 55.5 Å². The maximum atomic E-state index is 5.63. The number of fused-ring (bicyclic) bond motifs is 10. The highest BCUT2D eigenvalue weighted by Crippen LogP contribution is 2.49. The van der Waals surface area contributed by atoms with Gasteiger partial charge in [-0.05, 0) is 136 Å². The van der Waals surface area contributed by atoms with Gasteiger partial charge in [-0.2, -0.15) is 0 Å². The second-order valence-electron chi connectivity index (χ2n) is 14.4. The molecule has 3 unspecified atom stereocenters. The smallest absolute Gasteiger partial charge is 0.145 e. The number of nitrogens with two attached hydrogens (primary N) is 2. The first kappa shape index (κ1) is 34.9. The fourth-order valence-corrected chi connectivity index (χ4v) is 8.12. The number of methoxy groups -OCH3 is 2. The number of nitrogens with zero attached hydrogens (tertiary/aromatic N) is 4. The third-order valence-electron chi connectivity index (χ3n) is 11.5. The Kier molecular flexibility index (Phi) is 10.1. The highest BCUT2D eigenvalue weighted by Gasteiger charge is 2.40. The maximum absolute atomic E-state index is 5.63. The molecule has 0 spiro atoms. The lowest BCUT2D eigenvalue weighted by Gasteiger charge is -2.52. The van der Waals surface area contributed by atoms with Crippen molar-refractivity contribution in [2.45, 2.75) is 94.9 Å². The topological polar surface area (TPSA) is 83.5 Å². The predicted molar refractivity (Wildman–Crippen MR) is 199 cm³/mol. The van der Waals surface area contributed by atoms with E-state index in [9.17, 15) is 0 Å². The van der Waals surface area contributed by atoms with Crippen LogP contribution in [0.3, 0.4) is 0 Å². The summed E-state index contributed by atoms with van der Waals surface area (Å²) in [4.78, 5) is 10.7. The van der Waals surface area contributed by atoms with E-state index < -0.39 is 0 Å². The Labute approximate surface area is 283 Å². The zero-order valence-electron chi connectivity index (χ0n) is 31.0. The normalized spacial score (nSPS) is 20.3. The predicted octanol–water partition coefficient (Wildman–Crippen LogP) is 7.16. The zero-order valence-corrected chi connectivity index (χ0v) is 31.0. The Morgan fingerprint density at radius 1 is 0.596 bits per heavy atom. The molecule has 3 aromatic rings. The number of nitrogen functional groups attached to an aromatic ring is 2. The van der Waals surface area contributed by atoms with E-state index >= 15 is 0 Å². The quantitative estimate of drug-likeness (QED) is 0.225. The van der Waals surface area contributed by atoms with E-state index in [1.54, 1.807) is 36.6 Å². The summed E-state index contributed by atoms with van der Waals surface area (Å²) in [7, 11) is 3.17. The van der Waals surface area contributed by atoms with Crippen molar-refractivity contribution in [2.75, 3.05) is 67.1 Å². The van der Waals surface area contributed by atoms with Crippen LogP contribution in [0.1, 0.15) is 75.0 Å². The fraction of sp³-hybridized carbons (Fsp3) is 0.538. The van der Waals surface area contributed by atoms with Crippen LogP contribution in [0.15, 0.2) is 12.1 Å². The third-order valence-corrected chi connectivity index (χ3v) is 11.5. The molecule has 4 aliphatic heterocycles. The van der Waals surface area contributed by atoms with Crippen molar-refractivity contribution in [1.82, 2.24) is 4.90 Å². The minimum absolute atomic E-state index is 0.389. The van der Waals surface area contributed by atoms with E-state index in [1.807, 2.05) is 26.0 Å². The summed E-state index contributed by atoms with van der Waals surface area (Å²) in [6.45, 7) is 29.7. The number of benzene rings is 3. The van der Waals surface area contributed by atoms with Gasteiger partial charge in [-0.1, -0.05) is 6.92 Å². The van der Waals surface area contributed by atoms with Crippen LogP contribution < -0.4 is 26.2 Å². The summed E-state index contributed by atoms with van der Waals surface area (Å²) in [5.74, 6) is 0.711. The van der Waals surface area contributed by atoms with Gasteiger partial charge in [-0.3, -0.25) is 4.90 Å². The lowest BCUT2D eigenvalue weighted by Crippen LogP contribution is -2.57. The molecule has 4 N–H and O–H groups in total. The number of hydrogen-bond donors (Lipinski definition) is 2. The number of rotatable bonds is 2. The SMILES string of the molecule is COCOC.Cc1c(C)c(C)c2c(c1C)CN1CN2Cc2c(C)c3c(c(C)c21)CN1CN3CC(C)C1C.Cc1cc(N)c(C)cc1N. The van der Waals surface area contributed by atoms with Crippen LogP contribution >= 0.6 is 0 Å². The Balaban J connectivity index is 0.000000241. The molecule has 3 aromatic carbocycles. The van der Waals surface area contributed by atoms with Gasteiger partial charge in [-0.15, -0.1) is 0 Å². The lowest BCUT2D eigenvalue weighted by molar-refractivity contribution is -0.00272. The molecule has 3 atom stereocenters. The van der Waals surface area contributed by atoms with Crippen LogP contribution in [0.5, 0.6) is 0 Å². The molecule has 8 heteroatoms. The zero-order chi connectivity index (χ0) is 34.5. The van der Waals surface area contributed by atoms with Crippen molar-refractivity contribution >= 4 is 28.4 Å². The number of hydrogen-bond acceptors (Lipinski definition) is 8. The van der Waals surface area contributed by atoms with Crippen LogP contribution in [0.4, 0.5) is 28.4 Å². The molecular weight excluding hydrogens is 584 g/mol. The Hall–Kier alpha value is -3.46. The molecule has 1 fully saturated rings. The van der Waals surface area contributed by atoms with E-state index in [4.69, 9.17) is 11.5 Å². The maximum Gasteiger partial charge on any atom is 0.145 e. The fourth-order valence-electron chi connectivity index (χ4n) is 8.12. The molecule has 4 heterocycles. The van der Waals surface area contributed by atoms with Gasteiger partial charge in [0.05, 0.1) is 13.3 Å². The molecule has 256 valence electrons. The van der Waals surface area contributed by atoms with E-state index in [1.165, 1.54) is 51.3 Å². The molecule has 7 rings (SSSR count). The molecule has 8 nitrogen and oxygen atoms in total. The average Bonchev–Trinajstić information content (AvgIpc) is 3.03. The number of anilines is 5. The number of ether oxygens (including phenoxy) is 2. The first-order chi connectivity index (χ1) is 22.2. The highest BCUT2D eigenvalue weighted by atomic mass is 16.6. The van der Waals surface area contributed by atoms with Crippen molar-refractivity contribution in [3.63, 3.8) is 0 Å². The van der Waals surface area contributed by atoms with Gasteiger partial charge >= 0.3 is 0 Å². The molecule has 1 saturated heterocycles. The van der Waals surface area contributed by atoms with Crippen molar-refractivity contribution in [2.24, 2.45) is 5.92 Å². The van der Waals surface area contributed by atoms with Crippen LogP contribution in [0, 0.1) is 61.3 Å². The van der Waals surface area contributed by atoms with Gasteiger partial charge in [0.2, 0.25) is 0 Å². The standard InChI is InChI=1S/C28H38N4.C8H12N2.C3H8O2/c1-15-9-30-13-29(22(15)8)10-24-20(6)28-25(21(7)27(24)30)12-31-14-32(28)11-23-18(4)16(2)17(3)19(5)26(23)31;1-5-3-8(10)6(2)4-7(5)9;1-4-3-5-2/h15,22H,9-14H2,1-8H3;3-4H,9-10H2,1-2H3;3H2,1-2H3. The van der Waals surface area contributed by atoms with Crippen LogP contribution in [0.2, 0.25) is 0 Å². The van der Waals surface area contributed by atoms with Gasteiger partial charge in [0.1, 0.15) is 6.79 Å². The summed E-state index contributed by atoms with van der Waals surface area (Å²) in [6.07, 6.45) is 0. The van der Waals surface area contributed by atoms with Gasteiger partial charge in [0.25, 0.3) is 0 Å². The Morgan fingerprint density at radius 3 is 1.55 bits per heavy atom. The van der Waals surface area contributed by atoms with Gasteiger partial charge < -0.3 is 35.6 Å². The summed E-state index contributed by atoms with van der Waals surface area (Å²) in [6, 6.07) is 4.44. The van der Waals surface area contributed by atoms with E-state index in [-0.39, 0.29) is 0 Å². The molecule has 0 aliphatic carbocycles. The molecule has 0 radical (unpaired) electrons. The van der Waals surface area contributed by atoms with E-state index in [0.29, 0.717) is 18.8 Å². The molecule has 4 aliphatic rings. The van der Waals surface area contributed by atoms with Crippen molar-refractivity contribution < 1.29 is 9.47 Å². The first-order valence-corrected chi connectivity index (χ1v) is 17.0. The molecule has 0 amide bonds. The van der Waals surface area contributed by atoms with Gasteiger partial charge in [0.15, 0.2) is 0 Å². The molecular formula is C39H58N6O2. The summed E-state index contributed by atoms with van der Waals surface area (Å²) in [5, 5.41) is 0. The van der Waals surface area contributed by atoms with Crippen LogP contribution in [-0.4, -0.2) is 51.8 Å². The number of aryl methyl sites for hydroxylation is 2. The molecule has 47 heavy (non-hydrogen) atoms. The van der Waals surface area contributed by atoms with Gasteiger partial charge in [0, 0.05) is 80.4 Å². The average molecular weight is 643 g/mol. The summed E-state index contributed by atoms with van der Waals surface area (Å²) in [5.41, 5.74) is 33.2. The first-order valence-electron chi connectivity index (χ1n) is 17.0. The monoisotopic (exact) mass is 642 g/mol. The van der Waals surface area contributed by atoms with Crippen LogP contribution in [0.25, 0.3) is 0 Å². The highest BCUT2D eigenvalue weighted by molar-refractivity contribution is 5.81. The molecule has 0 saturated carbocycles. The second-order valence-corrected chi connectivity index (χ2v) is 14.4. The lowest BCUT2D eigenvalue weighted by atomic mass is 9.84. The minimum Gasteiger partial charge on any atom is -0.399 e. The van der Waals surface area contributed by atoms with Crippen molar-refractivity contribution in [1.29, 1.82) is 0 Å². The van der Waals surface area contributed by atoms with Gasteiger partial charge in [-0.25, -0.2) is 0 Å². The second kappa shape index (κ2) is 13.6. The van der Waals surface area contributed by atoms with Crippen LogP contribution in [-0.2, 0) is 29.1 Å². The van der Waals surface area contributed by atoms with Crippen molar-refractivity contribution in [3.05, 3.63) is 73.3 Å². The molecule has 4 bridgehead atoms. The third kappa shape index (κ3) is 6.16.